The van der Waals surface area contributed by atoms with Crippen LogP contribution in [0.4, 0.5) is 0 Å². The number of rotatable bonds is 15. The second kappa shape index (κ2) is 12.6. The van der Waals surface area contributed by atoms with E-state index in [4.69, 9.17) is 0 Å². The van der Waals surface area contributed by atoms with Crippen LogP contribution >= 0.6 is 6.34 Å². The van der Waals surface area contributed by atoms with Crippen LogP contribution in [0.3, 0.4) is 0 Å². The molecule has 134 valence electrons. The van der Waals surface area contributed by atoms with E-state index in [1.807, 2.05) is 0 Å². The first-order valence-electron chi connectivity index (χ1n) is 9.15. The Balaban J connectivity index is 3.49. The zero-order chi connectivity index (χ0) is 16.9. The van der Waals surface area contributed by atoms with E-state index in [9.17, 15) is 13.0 Å². The minimum absolute atomic E-state index is 0.282. The average Bonchev–Trinajstić information content (AvgIpc) is 2.47. The van der Waals surface area contributed by atoms with Crippen molar-refractivity contribution in [2.24, 2.45) is 0 Å². The molecule has 0 aromatic rings. The van der Waals surface area contributed by atoms with Crippen LogP contribution in [0.1, 0.15) is 90.9 Å². The van der Waals surface area contributed by atoms with Gasteiger partial charge in [0.15, 0.2) is 15.8 Å². The predicted molar refractivity (Wildman–Crippen MR) is 98.9 cm³/mol. The van der Waals surface area contributed by atoms with Crippen molar-refractivity contribution < 1.29 is 13.0 Å². The summed E-state index contributed by atoms with van der Waals surface area (Å²) in [5.74, 6) is 0. The molecule has 0 aromatic heterocycles. The van der Waals surface area contributed by atoms with Gasteiger partial charge in [0.05, 0.1) is 0 Å². The van der Waals surface area contributed by atoms with Crippen molar-refractivity contribution in [2.75, 3.05) is 18.6 Å². The Bertz CT molecular complexity index is 404. The maximum Gasteiger partial charge on any atom is 0.198 e. The number of hydrogen-bond donors (Lipinski definition) is 0. The quantitative estimate of drug-likeness (QED) is 0.267. The lowest BCUT2D eigenvalue weighted by Gasteiger charge is -2.13. The maximum absolute atomic E-state index is 12.3. The van der Waals surface area contributed by atoms with Gasteiger partial charge in [-0.15, -0.1) is 0 Å². The zero-order valence-electron chi connectivity index (χ0n) is 15.0. The molecule has 1 atom stereocenters. The fraction of sp³-hybridized carbons (Fsp3) is 1.00. The summed E-state index contributed by atoms with van der Waals surface area (Å²) in [7, 11) is -3.37. The third-order valence-electron chi connectivity index (χ3n) is 4.44. The molecular weight excluding hydrogens is 315 g/mol. The molecule has 0 aliphatic carbocycles. The first-order valence-corrected chi connectivity index (χ1v) is 13.7. The number of hydrogen-bond acceptors (Lipinski definition) is 3. The molecule has 0 radical (unpaired) electrons. The lowest BCUT2D eigenvalue weighted by atomic mass is 10.1. The Hall–Kier alpha value is 0.180. The van der Waals surface area contributed by atoms with Crippen LogP contribution < -0.4 is 0 Å². The Morgan fingerprint density at radius 1 is 0.682 bits per heavy atom. The summed E-state index contributed by atoms with van der Waals surface area (Å²) in [6.45, 7) is 3.97. The molecule has 0 aromatic carbocycles. The van der Waals surface area contributed by atoms with E-state index >= 15 is 0 Å². The molecule has 5 heteroatoms. The maximum atomic E-state index is 12.3. The van der Waals surface area contributed by atoms with Crippen LogP contribution in [0.15, 0.2) is 0 Å². The van der Waals surface area contributed by atoms with Crippen LogP contribution in [-0.4, -0.2) is 27.0 Å². The molecule has 0 N–H and O–H groups in total. The highest BCUT2D eigenvalue weighted by molar-refractivity contribution is 8.52. The van der Waals surface area contributed by atoms with Crippen molar-refractivity contribution in [2.45, 2.75) is 90.9 Å². The van der Waals surface area contributed by atoms with Gasteiger partial charge in [-0.2, -0.15) is 0 Å². The van der Waals surface area contributed by atoms with Crippen molar-refractivity contribution in [3.63, 3.8) is 0 Å². The van der Waals surface area contributed by atoms with Crippen molar-refractivity contribution in [3.8, 4) is 0 Å². The van der Waals surface area contributed by atoms with Gasteiger partial charge < -0.3 is 4.57 Å². The predicted octanol–water partition coefficient (Wildman–Crippen LogP) is 6.03. The van der Waals surface area contributed by atoms with Crippen LogP contribution in [0.25, 0.3) is 0 Å². The Labute approximate surface area is 138 Å². The molecule has 0 spiro atoms. The van der Waals surface area contributed by atoms with Crippen LogP contribution in [0.2, 0.25) is 0 Å². The van der Waals surface area contributed by atoms with Crippen molar-refractivity contribution in [3.05, 3.63) is 0 Å². The highest BCUT2D eigenvalue weighted by Gasteiger charge is 2.30. The first-order chi connectivity index (χ1) is 10.4. The minimum Gasteiger partial charge on any atom is -0.307 e. The second-order valence-electron chi connectivity index (χ2n) is 6.48. The fourth-order valence-corrected chi connectivity index (χ4v) is 7.36. The lowest BCUT2D eigenvalue weighted by molar-refractivity contribution is 0.545. The number of unbranched alkanes of at least 4 members (excludes halogenated alkanes) is 11. The normalized spacial score (nSPS) is 14.9. The monoisotopic (exact) mass is 352 g/mol. The highest BCUT2D eigenvalue weighted by atomic mass is 32.8. The van der Waals surface area contributed by atoms with Crippen LogP contribution in [0.5, 0.6) is 0 Å². The topological polar surface area (TPSA) is 51.2 Å². The smallest absolute Gasteiger partial charge is 0.198 e. The van der Waals surface area contributed by atoms with E-state index in [2.05, 4.69) is 6.92 Å². The van der Waals surface area contributed by atoms with E-state index < -0.39 is 15.8 Å². The standard InChI is InChI=1S/C17H37O3PS/c1-4-6-7-8-9-10-11-12-13-14-15-16-17-21(18,5-2)22(3,19)20/h4-17H2,1-3H3. The summed E-state index contributed by atoms with van der Waals surface area (Å²) >= 11 is 0. The van der Waals surface area contributed by atoms with Gasteiger partial charge in [-0.25, -0.2) is 8.42 Å². The van der Waals surface area contributed by atoms with Gasteiger partial charge in [-0.1, -0.05) is 84.5 Å². The van der Waals surface area contributed by atoms with E-state index in [-0.39, 0.29) is 6.16 Å². The van der Waals surface area contributed by atoms with E-state index in [0.717, 1.165) is 25.5 Å². The molecule has 22 heavy (non-hydrogen) atoms. The van der Waals surface area contributed by atoms with E-state index in [0.29, 0.717) is 6.16 Å². The lowest BCUT2D eigenvalue weighted by Crippen LogP contribution is -2.05. The molecule has 3 nitrogen and oxygen atoms in total. The molecule has 1 unspecified atom stereocenters. The fourth-order valence-electron chi connectivity index (χ4n) is 2.75. The Kier molecular flexibility index (Phi) is 12.7. The average molecular weight is 353 g/mol. The molecule has 0 saturated heterocycles. The third kappa shape index (κ3) is 10.0. The second-order valence-corrected chi connectivity index (χ2v) is 14.6. The SMILES string of the molecule is CCCCCCCCCCCCCCP(=O)(CC)S(C)(=O)=O. The van der Waals surface area contributed by atoms with Gasteiger partial charge in [-0.3, -0.25) is 0 Å². The van der Waals surface area contributed by atoms with Gasteiger partial charge in [0.25, 0.3) is 0 Å². The van der Waals surface area contributed by atoms with Gasteiger partial charge in [0.1, 0.15) is 0 Å². The largest absolute Gasteiger partial charge is 0.307 e. The molecule has 0 aliphatic heterocycles. The summed E-state index contributed by atoms with van der Waals surface area (Å²) in [6, 6.07) is 0. The molecular formula is C17H37O3PS. The van der Waals surface area contributed by atoms with Crippen molar-refractivity contribution in [1.29, 1.82) is 0 Å². The van der Waals surface area contributed by atoms with Gasteiger partial charge >= 0.3 is 0 Å². The van der Waals surface area contributed by atoms with Gasteiger partial charge in [0, 0.05) is 18.6 Å². The molecule has 0 amide bonds. The minimum atomic E-state index is -3.37. The molecule has 0 heterocycles. The van der Waals surface area contributed by atoms with Crippen LogP contribution in [0, 0.1) is 0 Å². The van der Waals surface area contributed by atoms with Crippen molar-refractivity contribution in [1.82, 2.24) is 0 Å². The van der Waals surface area contributed by atoms with Crippen LogP contribution in [-0.2, 0) is 14.0 Å². The van der Waals surface area contributed by atoms with Crippen molar-refractivity contribution >= 4 is 15.8 Å². The summed E-state index contributed by atoms with van der Waals surface area (Å²) in [5, 5.41) is 0. The molecule has 0 fully saturated rings. The Morgan fingerprint density at radius 3 is 1.36 bits per heavy atom. The van der Waals surface area contributed by atoms with Gasteiger partial charge in [-0.05, 0) is 6.42 Å². The molecule has 0 aliphatic rings. The Morgan fingerprint density at radius 2 is 1.05 bits per heavy atom. The summed E-state index contributed by atoms with van der Waals surface area (Å²) in [6.07, 6.45) is 13.7. The van der Waals surface area contributed by atoms with E-state index in [1.165, 1.54) is 57.8 Å². The summed E-state index contributed by atoms with van der Waals surface area (Å²) in [5.41, 5.74) is 0. The first kappa shape index (κ1) is 22.2. The van der Waals surface area contributed by atoms with E-state index in [1.54, 1.807) is 6.92 Å². The molecule has 0 rings (SSSR count). The summed E-state index contributed by atoms with van der Waals surface area (Å²) in [4.78, 5) is 0. The highest BCUT2D eigenvalue weighted by Crippen LogP contribution is 2.51. The summed E-state index contributed by atoms with van der Waals surface area (Å²) < 4.78 is 35.4. The van der Waals surface area contributed by atoms with Gasteiger partial charge in [0.2, 0.25) is 0 Å². The zero-order valence-corrected chi connectivity index (χ0v) is 16.7. The molecule has 0 bridgehead atoms. The molecule has 0 saturated carbocycles. The third-order valence-corrected chi connectivity index (χ3v) is 12.6.